The van der Waals surface area contributed by atoms with Crippen molar-refractivity contribution in [1.82, 2.24) is 0 Å². The normalized spacial score (nSPS) is 13.4. The number of anilines is 2. The molecule has 1 aliphatic rings. The molecule has 0 saturated carbocycles. The van der Waals surface area contributed by atoms with Gasteiger partial charge in [0.15, 0.2) is 0 Å². The summed E-state index contributed by atoms with van der Waals surface area (Å²) in [5.41, 5.74) is 0.968. The predicted molar refractivity (Wildman–Crippen MR) is 104 cm³/mol. The van der Waals surface area contributed by atoms with E-state index < -0.39 is 10.0 Å². The van der Waals surface area contributed by atoms with Crippen molar-refractivity contribution in [1.29, 1.82) is 0 Å². The molecule has 8 heteroatoms. The summed E-state index contributed by atoms with van der Waals surface area (Å²) in [4.78, 5) is 12.1. The van der Waals surface area contributed by atoms with Gasteiger partial charge in [-0.1, -0.05) is 18.2 Å². The van der Waals surface area contributed by atoms with Crippen LogP contribution in [0.5, 0.6) is 11.5 Å². The Labute approximate surface area is 158 Å². The molecular formula is C19H22N2O5S. The van der Waals surface area contributed by atoms with Crippen LogP contribution in [0.4, 0.5) is 11.4 Å². The minimum Gasteiger partial charge on any atom is -0.494 e. The highest BCUT2D eigenvalue weighted by molar-refractivity contribution is 7.92. The van der Waals surface area contributed by atoms with E-state index in [1.807, 2.05) is 30.3 Å². The molecule has 1 aliphatic heterocycles. The molecule has 144 valence electrons. The molecule has 7 nitrogen and oxygen atoms in total. The monoisotopic (exact) mass is 390 g/mol. The summed E-state index contributed by atoms with van der Waals surface area (Å²) < 4.78 is 36.2. The fraction of sp³-hybridized carbons (Fsp3) is 0.316. The van der Waals surface area contributed by atoms with E-state index >= 15 is 0 Å². The Morgan fingerprint density at radius 3 is 2.74 bits per heavy atom. The summed E-state index contributed by atoms with van der Waals surface area (Å²) in [7, 11) is -3.40. The first kappa shape index (κ1) is 19.0. The van der Waals surface area contributed by atoms with E-state index in [1.54, 1.807) is 18.2 Å². The van der Waals surface area contributed by atoms with Crippen LogP contribution in [0.25, 0.3) is 0 Å². The molecule has 0 atom stereocenters. The Hall–Kier alpha value is -2.74. The third-order valence-corrected chi connectivity index (χ3v) is 5.20. The number of nitrogens with one attached hydrogen (secondary N) is 1. The van der Waals surface area contributed by atoms with Gasteiger partial charge >= 0.3 is 0 Å². The van der Waals surface area contributed by atoms with Crippen LogP contribution < -0.4 is 19.1 Å². The van der Waals surface area contributed by atoms with Crippen LogP contribution in [0.2, 0.25) is 0 Å². The van der Waals surface area contributed by atoms with Gasteiger partial charge in [-0.25, -0.2) is 8.42 Å². The zero-order valence-corrected chi connectivity index (χ0v) is 15.9. The first-order valence-electron chi connectivity index (χ1n) is 8.66. The van der Waals surface area contributed by atoms with Gasteiger partial charge in [0, 0.05) is 12.1 Å². The Balaban J connectivity index is 1.55. The maximum atomic E-state index is 12.1. The zero-order chi connectivity index (χ0) is 19.3. The molecule has 0 aliphatic carbocycles. The number of hydrogen-bond donors (Lipinski definition) is 1. The number of nitrogens with zero attached hydrogens (tertiary/aromatic N) is 1. The number of carbonyl (C=O) groups excluding carboxylic acids is 1. The number of para-hydroxylation sites is 1. The van der Waals surface area contributed by atoms with Gasteiger partial charge in [-0.2, -0.15) is 0 Å². The van der Waals surface area contributed by atoms with Crippen LogP contribution in [0, 0.1) is 0 Å². The highest BCUT2D eigenvalue weighted by atomic mass is 32.2. The average Bonchev–Trinajstić information content (AvgIpc) is 2.65. The predicted octanol–water partition coefficient (Wildman–Crippen LogP) is 2.64. The minimum atomic E-state index is -3.40. The second-order valence-electron chi connectivity index (χ2n) is 6.18. The van der Waals surface area contributed by atoms with E-state index in [1.165, 1.54) is 4.31 Å². The SMILES string of the molecule is CS(=O)(=O)N1CCOc2ccc(NC(=O)CCCOc3ccccc3)cc21. The highest BCUT2D eigenvalue weighted by Crippen LogP contribution is 2.35. The minimum absolute atomic E-state index is 0.158. The molecule has 3 rings (SSSR count). The first-order valence-corrected chi connectivity index (χ1v) is 10.5. The lowest BCUT2D eigenvalue weighted by Gasteiger charge is -2.29. The number of ether oxygens (including phenoxy) is 2. The molecule has 1 heterocycles. The Morgan fingerprint density at radius 2 is 2.00 bits per heavy atom. The largest absolute Gasteiger partial charge is 0.494 e. The van der Waals surface area contributed by atoms with E-state index in [0.717, 1.165) is 12.0 Å². The van der Waals surface area contributed by atoms with Gasteiger partial charge in [0.05, 0.1) is 25.1 Å². The van der Waals surface area contributed by atoms with Gasteiger partial charge < -0.3 is 14.8 Å². The van der Waals surface area contributed by atoms with E-state index in [2.05, 4.69) is 5.32 Å². The van der Waals surface area contributed by atoms with Crippen molar-refractivity contribution in [3.05, 3.63) is 48.5 Å². The lowest BCUT2D eigenvalue weighted by atomic mass is 10.2. The van der Waals surface area contributed by atoms with Gasteiger partial charge in [0.1, 0.15) is 18.1 Å². The summed E-state index contributed by atoms with van der Waals surface area (Å²) in [6.07, 6.45) is 2.03. The first-order chi connectivity index (χ1) is 12.9. The molecule has 0 bridgehead atoms. The maximum Gasteiger partial charge on any atom is 0.232 e. The van der Waals surface area contributed by atoms with Crippen LogP contribution in [0.15, 0.2) is 48.5 Å². The summed E-state index contributed by atoms with van der Waals surface area (Å²) in [6.45, 7) is 0.991. The van der Waals surface area contributed by atoms with Gasteiger partial charge in [-0.3, -0.25) is 9.10 Å². The zero-order valence-electron chi connectivity index (χ0n) is 15.1. The number of rotatable bonds is 7. The number of benzene rings is 2. The Bertz CT molecular complexity index is 900. The highest BCUT2D eigenvalue weighted by Gasteiger charge is 2.25. The summed E-state index contributed by atoms with van der Waals surface area (Å²) in [5.74, 6) is 1.10. The van der Waals surface area contributed by atoms with Crippen molar-refractivity contribution in [2.45, 2.75) is 12.8 Å². The number of sulfonamides is 1. The van der Waals surface area contributed by atoms with Crippen LogP contribution >= 0.6 is 0 Å². The second kappa shape index (κ2) is 8.30. The molecule has 2 aromatic carbocycles. The van der Waals surface area contributed by atoms with Crippen molar-refractivity contribution in [3.63, 3.8) is 0 Å². The molecule has 0 saturated heterocycles. The molecule has 0 spiro atoms. The van der Waals surface area contributed by atoms with Crippen LogP contribution in [-0.2, 0) is 14.8 Å². The van der Waals surface area contributed by atoms with Crippen molar-refractivity contribution in [3.8, 4) is 11.5 Å². The molecular weight excluding hydrogens is 368 g/mol. The number of amides is 1. The van der Waals surface area contributed by atoms with E-state index in [9.17, 15) is 13.2 Å². The molecule has 0 fully saturated rings. The Kier molecular flexibility index (Phi) is 5.85. The fourth-order valence-electron chi connectivity index (χ4n) is 2.78. The van der Waals surface area contributed by atoms with E-state index in [-0.39, 0.29) is 12.5 Å². The molecule has 27 heavy (non-hydrogen) atoms. The second-order valence-corrected chi connectivity index (χ2v) is 8.09. The Morgan fingerprint density at radius 1 is 1.22 bits per heavy atom. The van der Waals surface area contributed by atoms with Crippen LogP contribution in [-0.4, -0.2) is 40.3 Å². The van der Waals surface area contributed by atoms with Gasteiger partial charge in [-0.15, -0.1) is 0 Å². The molecule has 1 N–H and O–H groups in total. The van der Waals surface area contributed by atoms with Crippen molar-refractivity contribution >= 4 is 27.3 Å². The summed E-state index contributed by atoms with van der Waals surface area (Å²) in [5, 5.41) is 2.79. The van der Waals surface area contributed by atoms with Crippen LogP contribution in [0.1, 0.15) is 12.8 Å². The van der Waals surface area contributed by atoms with Crippen LogP contribution in [0.3, 0.4) is 0 Å². The number of fused-ring (bicyclic) bond motifs is 1. The smallest absolute Gasteiger partial charge is 0.232 e. The molecule has 0 unspecified atom stereocenters. The molecule has 1 amide bonds. The number of hydrogen-bond acceptors (Lipinski definition) is 5. The molecule has 0 aromatic heterocycles. The lowest BCUT2D eigenvalue weighted by molar-refractivity contribution is -0.116. The van der Waals surface area contributed by atoms with E-state index in [0.29, 0.717) is 43.2 Å². The standard InChI is InChI=1S/C19H22N2O5S/c1-27(23,24)21-11-13-26-18-10-9-15(14-17(18)21)20-19(22)8-5-12-25-16-6-3-2-4-7-16/h2-4,6-7,9-10,14H,5,8,11-13H2,1H3,(H,20,22). The summed E-state index contributed by atoms with van der Waals surface area (Å²) in [6, 6.07) is 14.4. The van der Waals surface area contributed by atoms with Crippen molar-refractivity contribution in [2.75, 3.05) is 35.6 Å². The van der Waals surface area contributed by atoms with Crippen molar-refractivity contribution in [2.24, 2.45) is 0 Å². The van der Waals surface area contributed by atoms with Crippen molar-refractivity contribution < 1.29 is 22.7 Å². The third kappa shape index (κ3) is 5.13. The quantitative estimate of drug-likeness (QED) is 0.735. The van der Waals surface area contributed by atoms with Gasteiger partial charge in [0.25, 0.3) is 0 Å². The topological polar surface area (TPSA) is 84.9 Å². The van der Waals surface area contributed by atoms with Gasteiger partial charge in [-0.05, 0) is 36.8 Å². The number of carbonyl (C=O) groups is 1. The third-order valence-electron chi connectivity index (χ3n) is 4.02. The average molecular weight is 390 g/mol. The van der Waals surface area contributed by atoms with Gasteiger partial charge in [0.2, 0.25) is 15.9 Å². The summed E-state index contributed by atoms with van der Waals surface area (Å²) >= 11 is 0. The lowest BCUT2D eigenvalue weighted by Crippen LogP contribution is -2.37. The molecule has 2 aromatic rings. The fourth-order valence-corrected chi connectivity index (χ4v) is 3.68. The van der Waals surface area contributed by atoms with E-state index in [4.69, 9.17) is 9.47 Å². The maximum absolute atomic E-state index is 12.1. The molecule has 0 radical (unpaired) electrons.